The number of methoxy groups -OCH3 is 1. The molecule has 1 aromatic carbocycles. The van der Waals surface area contributed by atoms with E-state index in [0.717, 1.165) is 0 Å². The molecule has 0 unspecified atom stereocenters. The number of likely N-dealkylation sites (N-methyl/N-ethyl adjacent to an activating group) is 1. The number of esters is 1. The van der Waals surface area contributed by atoms with Crippen molar-refractivity contribution < 1.29 is 28.6 Å². The zero-order valence-corrected chi connectivity index (χ0v) is 22.1. The second kappa shape index (κ2) is 13.1. The summed E-state index contributed by atoms with van der Waals surface area (Å²) in [6, 6.07) is 3.95. The first kappa shape index (κ1) is 28.9. The van der Waals surface area contributed by atoms with Crippen LogP contribution in [0, 0.1) is 11.8 Å². The highest BCUT2D eigenvalue weighted by molar-refractivity contribution is 6.55. The van der Waals surface area contributed by atoms with Gasteiger partial charge in [-0.1, -0.05) is 44.0 Å². The summed E-state index contributed by atoms with van der Waals surface area (Å²) in [5.74, 6) is -2.34. The number of carbonyl (C=O) groups excluding carboxylic acids is 4. The van der Waals surface area contributed by atoms with Gasteiger partial charge in [0.05, 0.1) is 42.1 Å². The topological polar surface area (TPSA) is 114 Å². The van der Waals surface area contributed by atoms with Crippen molar-refractivity contribution in [2.45, 2.75) is 52.0 Å². The van der Waals surface area contributed by atoms with E-state index in [4.69, 9.17) is 32.6 Å². The Hall–Kier alpha value is -2.30. The third kappa shape index (κ3) is 8.12. The summed E-state index contributed by atoms with van der Waals surface area (Å²) in [7, 11) is 2.41. The number of benzene rings is 1. The van der Waals surface area contributed by atoms with Crippen LogP contribution in [0.4, 0.5) is 0 Å². The Labute approximate surface area is 216 Å². The highest BCUT2D eigenvalue weighted by Gasteiger charge is 2.48. The summed E-state index contributed by atoms with van der Waals surface area (Å²) >= 11 is 12.0. The van der Waals surface area contributed by atoms with Crippen LogP contribution in [0.5, 0.6) is 0 Å². The number of rotatable bonds is 11. The van der Waals surface area contributed by atoms with E-state index >= 15 is 0 Å². The molecule has 2 N–H and O–H groups in total. The second-order valence-electron chi connectivity index (χ2n) is 9.12. The lowest BCUT2D eigenvalue weighted by Gasteiger charge is -2.27. The minimum atomic E-state index is -0.676. The van der Waals surface area contributed by atoms with Crippen molar-refractivity contribution in [2.24, 2.45) is 11.8 Å². The molecule has 0 spiro atoms. The van der Waals surface area contributed by atoms with Crippen LogP contribution in [-0.2, 0) is 23.8 Å². The lowest BCUT2D eigenvalue weighted by atomic mass is 9.67. The van der Waals surface area contributed by atoms with Crippen molar-refractivity contribution >= 4 is 54.0 Å². The summed E-state index contributed by atoms with van der Waals surface area (Å²) in [5, 5.41) is 5.98. The van der Waals surface area contributed by atoms with Crippen molar-refractivity contribution in [1.82, 2.24) is 15.4 Å². The maximum Gasteiger partial charge on any atom is 0.475 e. The molecule has 0 radical (unpaired) electrons. The maximum atomic E-state index is 12.7. The minimum Gasteiger partial charge on any atom is -0.517 e. The summed E-state index contributed by atoms with van der Waals surface area (Å²) in [6.45, 7) is 5.44. The van der Waals surface area contributed by atoms with Gasteiger partial charge in [0.2, 0.25) is 5.91 Å². The molecule has 0 aliphatic carbocycles. The monoisotopic (exact) mass is 527 g/mol. The van der Waals surface area contributed by atoms with Gasteiger partial charge >= 0.3 is 19.0 Å². The van der Waals surface area contributed by atoms with Crippen LogP contribution < -0.4 is 10.6 Å². The van der Waals surface area contributed by atoms with Crippen molar-refractivity contribution in [3.63, 3.8) is 0 Å². The number of halogens is 2. The molecule has 3 atom stereocenters. The van der Waals surface area contributed by atoms with Gasteiger partial charge in [-0.3, -0.25) is 24.0 Å². The van der Waals surface area contributed by atoms with Crippen LogP contribution in [0.1, 0.15) is 50.4 Å². The molecular weight excluding hydrogens is 496 g/mol. The van der Waals surface area contributed by atoms with E-state index in [1.54, 1.807) is 24.8 Å². The Morgan fingerprint density at radius 2 is 1.91 bits per heavy atom. The first-order valence-electron chi connectivity index (χ1n) is 11.5. The van der Waals surface area contributed by atoms with Crippen molar-refractivity contribution in [3.05, 3.63) is 33.8 Å². The minimum absolute atomic E-state index is 0.166. The van der Waals surface area contributed by atoms with Gasteiger partial charge in [0.25, 0.3) is 5.91 Å². The fraction of sp³-hybridized carbons (Fsp3) is 0.565. The smallest absolute Gasteiger partial charge is 0.475 e. The highest BCUT2D eigenvalue weighted by atomic mass is 35.5. The number of ether oxygens (including phenoxy) is 1. The molecule has 2 amide bonds. The van der Waals surface area contributed by atoms with E-state index in [0.29, 0.717) is 24.3 Å². The first-order chi connectivity index (χ1) is 16.4. The molecule has 1 aromatic rings. The van der Waals surface area contributed by atoms with E-state index < -0.39 is 36.8 Å². The molecule has 1 fully saturated rings. The molecule has 192 valence electrons. The largest absolute Gasteiger partial charge is 0.517 e. The number of nitrogens with one attached hydrogen (secondary N) is 2. The SMILES string of the molecule is COC(=O)[C@@H](C)CC[C@@H]1C(=O)OB([C@H](CC(C)C)NC(=O)CNC(=O)c2cc(Cl)ccc2Cl)N1C. The van der Waals surface area contributed by atoms with Gasteiger partial charge in [-0.25, -0.2) is 0 Å². The molecule has 0 saturated carbocycles. The Balaban J connectivity index is 2.01. The lowest BCUT2D eigenvalue weighted by Crippen LogP contribution is -2.55. The van der Waals surface area contributed by atoms with Gasteiger partial charge in [-0.05, 0) is 50.4 Å². The summed E-state index contributed by atoms with van der Waals surface area (Å²) in [4.78, 5) is 51.2. The van der Waals surface area contributed by atoms with Gasteiger partial charge in [-0.2, -0.15) is 0 Å². The molecule has 1 heterocycles. The van der Waals surface area contributed by atoms with Gasteiger partial charge in [0.1, 0.15) is 0 Å². The number of nitrogens with zero attached hydrogens (tertiary/aromatic N) is 1. The normalized spacial score (nSPS) is 17.7. The highest BCUT2D eigenvalue weighted by Crippen LogP contribution is 2.24. The number of carbonyl (C=O) groups is 4. The maximum absolute atomic E-state index is 12.7. The number of hydrogen-bond acceptors (Lipinski definition) is 7. The van der Waals surface area contributed by atoms with Crippen LogP contribution in [0.2, 0.25) is 10.0 Å². The predicted molar refractivity (Wildman–Crippen MR) is 134 cm³/mol. The van der Waals surface area contributed by atoms with Crippen molar-refractivity contribution in [2.75, 3.05) is 20.7 Å². The molecular formula is C23H32BCl2N3O6. The van der Waals surface area contributed by atoms with Crippen LogP contribution in [-0.4, -0.2) is 68.3 Å². The van der Waals surface area contributed by atoms with Crippen molar-refractivity contribution in [3.8, 4) is 0 Å². The van der Waals surface area contributed by atoms with Gasteiger partial charge in [0, 0.05) is 5.02 Å². The van der Waals surface area contributed by atoms with E-state index in [1.165, 1.54) is 19.2 Å². The van der Waals surface area contributed by atoms with Crippen molar-refractivity contribution in [1.29, 1.82) is 0 Å². The first-order valence-corrected chi connectivity index (χ1v) is 12.2. The molecule has 1 aliphatic rings. The van der Waals surface area contributed by atoms with E-state index in [2.05, 4.69) is 10.6 Å². The zero-order chi connectivity index (χ0) is 26.3. The lowest BCUT2D eigenvalue weighted by molar-refractivity contribution is -0.145. The second-order valence-corrected chi connectivity index (χ2v) is 9.96. The molecule has 35 heavy (non-hydrogen) atoms. The Bertz CT molecular complexity index is 948. The number of hydrogen-bond donors (Lipinski definition) is 2. The third-order valence-corrected chi connectivity index (χ3v) is 6.44. The quantitative estimate of drug-likeness (QED) is 0.336. The summed E-state index contributed by atoms with van der Waals surface area (Å²) in [5.41, 5.74) is 0.166. The van der Waals surface area contributed by atoms with E-state index in [-0.39, 0.29) is 34.9 Å². The zero-order valence-electron chi connectivity index (χ0n) is 20.6. The van der Waals surface area contributed by atoms with Crippen LogP contribution in [0.25, 0.3) is 0 Å². The fourth-order valence-corrected chi connectivity index (χ4v) is 4.35. The van der Waals surface area contributed by atoms with Gasteiger partial charge in [-0.15, -0.1) is 0 Å². The molecule has 1 aliphatic heterocycles. The summed E-state index contributed by atoms with van der Waals surface area (Å²) in [6.07, 6.45) is 1.43. The van der Waals surface area contributed by atoms with Crippen LogP contribution in [0.15, 0.2) is 18.2 Å². The van der Waals surface area contributed by atoms with Crippen LogP contribution >= 0.6 is 23.2 Å². The predicted octanol–water partition coefficient (Wildman–Crippen LogP) is 2.73. The molecule has 1 saturated heterocycles. The average molecular weight is 528 g/mol. The summed E-state index contributed by atoms with van der Waals surface area (Å²) < 4.78 is 10.4. The van der Waals surface area contributed by atoms with Gasteiger partial charge in [0.15, 0.2) is 0 Å². The van der Waals surface area contributed by atoms with Gasteiger partial charge < -0.3 is 20.0 Å². The Morgan fingerprint density at radius 1 is 1.23 bits per heavy atom. The molecule has 0 bridgehead atoms. The average Bonchev–Trinajstić information content (AvgIpc) is 3.09. The standard InChI is InChI=1S/C23H32BCl2N3O6/c1-13(2)10-19(24-29(4)18(23(33)35-24)9-6-14(3)22(32)34-5)28-20(30)12-27-21(31)16-11-15(25)7-8-17(16)26/h7-8,11,13-14,18-19H,6,9-10,12H2,1-5H3,(H,27,31)(H,28,30)/t14-,18+,19-/m0/s1. The van der Waals surface area contributed by atoms with E-state index in [9.17, 15) is 19.2 Å². The molecule has 2 rings (SSSR count). The fourth-order valence-electron chi connectivity index (χ4n) is 3.98. The Kier molecular flexibility index (Phi) is 10.9. The van der Waals surface area contributed by atoms with E-state index in [1.807, 2.05) is 13.8 Å². The number of amides is 2. The van der Waals surface area contributed by atoms with Crippen LogP contribution in [0.3, 0.4) is 0 Å². The molecule has 12 heteroatoms. The molecule has 9 nitrogen and oxygen atoms in total. The third-order valence-electron chi connectivity index (χ3n) is 5.88. The Morgan fingerprint density at radius 3 is 2.54 bits per heavy atom. The molecule has 0 aromatic heterocycles.